The molecule has 3 rings (SSSR count). The lowest BCUT2D eigenvalue weighted by atomic mass is 10.3. The Kier molecular flexibility index (Phi) is 5.90. The van der Waals surface area contributed by atoms with Crippen molar-refractivity contribution in [3.05, 3.63) is 30.1 Å². The molecule has 0 N–H and O–H groups in total. The number of hydrogen-bond acceptors (Lipinski definition) is 5. The molecule has 152 valence electrons. The standard InChI is InChI=1S/C16H24FN3O5S2/c1-13-11-20(12-14(2)25-13)27(23,24)19-9-7-18(8-10-19)26(21,22)16-5-3-15(17)4-6-16/h3-6,13-14H,7-12H2,1-2H3/t13-,14+. The van der Waals surface area contributed by atoms with Crippen molar-refractivity contribution in [3.63, 3.8) is 0 Å². The van der Waals surface area contributed by atoms with Crippen molar-refractivity contribution in [2.24, 2.45) is 0 Å². The van der Waals surface area contributed by atoms with Gasteiger partial charge in [0.15, 0.2) is 0 Å². The van der Waals surface area contributed by atoms with E-state index in [1.54, 1.807) is 0 Å². The molecular formula is C16H24FN3O5S2. The number of benzene rings is 1. The zero-order valence-electron chi connectivity index (χ0n) is 15.3. The van der Waals surface area contributed by atoms with Gasteiger partial charge in [0.05, 0.1) is 17.1 Å². The van der Waals surface area contributed by atoms with Crippen molar-refractivity contribution in [1.82, 2.24) is 12.9 Å². The van der Waals surface area contributed by atoms with E-state index >= 15 is 0 Å². The number of rotatable bonds is 4. The minimum absolute atomic E-state index is 0.00367. The summed E-state index contributed by atoms with van der Waals surface area (Å²) in [6, 6.07) is 4.61. The van der Waals surface area contributed by atoms with Crippen LogP contribution in [0.25, 0.3) is 0 Å². The monoisotopic (exact) mass is 421 g/mol. The summed E-state index contributed by atoms with van der Waals surface area (Å²) >= 11 is 0. The molecule has 2 aliphatic heterocycles. The van der Waals surface area contributed by atoms with Crippen LogP contribution in [0.15, 0.2) is 29.2 Å². The van der Waals surface area contributed by atoms with Gasteiger partial charge in [-0.1, -0.05) is 0 Å². The molecule has 0 amide bonds. The lowest BCUT2D eigenvalue weighted by Gasteiger charge is -2.39. The molecule has 0 aliphatic carbocycles. The molecule has 2 saturated heterocycles. The number of hydrogen-bond donors (Lipinski definition) is 0. The molecule has 1 aromatic carbocycles. The van der Waals surface area contributed by atoms with E-state index in [4.69, 9.17) is 4.74 Å². The summed E-state index contributed by atoms with van der Waals surface area (Å²) in [5.74, 6) is -0.515. The fraction of sp³-hybridized carbons (Fsp3) is 0.625. The second-order valence-electron chi connectivity index (χ2n) is 6.84. The Morgan fingerprint density at radius 2 is 1.33 bits per heavy atom. The van der Waals surface area contributed by atoms with Crippen LogP contribution in [0, 0.1) is 5.82 Å². The molecule has 0 aromatic heterocycles. The highest BCUT2D eigenvalue weighted by Crippen LogP contribution is 2.22. The summed E-state index contributed by atoms with van der Waals surface area (Å²) in [6.45, 7) is 4.45. The molecule has 2 heterocycles. The van der Waals surface area contributed by atoms with E-state index < -0.39 is 26.0 Å². The number of nitrogens with zero attached hydrogens (tertiary/aromatic N) is 3. The first-order valence-corrected chi connectivity index (χ1v) is 11.6. The Labute approximate surface area is 159 Å². The molecular weight excluding hydrogens is 397 g/mol. The third-order valence-corrected chi connectivity index (χ3v) is 8.57. The van der Waals surface area contributed by atoms with Crippen molar-refractivity contribution in [2.45, 2.75) is 31.0 Å². The van der Waals surface area contributed by atoms with Gasteiger partial charge in [-0.25, -0.2) is 12.8 Å². The van der Waals surface area contributed by atoms with Gasteiger partial charge < -0.3 is 4.74 Å². The van der Waals surface area contributed by atoms with Crippen LogP contribution in [-0.2, 0) is 25.0 Å². The fourth-order valence-corrected chi connectivity index (χ4v) is 6.55. The van der Waals surface area contributed by atoms with E-state index in [1.807, 2.05) is 13.8 Å². The molecule has 2 atom stereocenters. The van der Waals surface area contributed by atoms with Crippen LogP contribution < -0.4 is 0 Å². The van der Waals surface area contributed by atoms with Gasteiger partial charge in [-0.15, -0.1) is 0 Å². The predicted octanol–water partition coefficient (Wildman–Crippen LogP) is 0.486. The first-order valence-electron chi connectivity index (χ1n) is 8.77. The minimum Gasteiger partial charge on any atom is -0.373 e. The maximum Gasteiger partial charge on any atom is 0.282 e. The number of ether oxygens (including phenoxy) is 1. The molecule has 27 heavy (non-hydrogen) atoms. The Hall–Kier alpha value is -1.11. The first-order chi connectivity index (χ1) is 12.6. The molecule has 2 aliphatic rings. The maximum absolute atomic E-state index is 13.0. The molecule has 8 nitrogen and oxygen atoms in total. The number of piperazine rings is 1. The van der Waals surface area contributed by atoms with E-state index in [1.165, 1.54) is 25.0 Å². The summed E-state index contributed by atoms with van der Waals surface area (Å²) in [5, 5.41) is 0. The predicted molar refractivity (Wildman–Crippen MR) is 97.2 cm³/mol. The Morgan fingerprint density at radius 3 is 1.85 bits per heavy atom. The van der Waals surface area contributed by atoms with Crippen LogP contribution in [0.3, 0.4) is 0 Å². The lowest BCUT2D eigenvalue weighted by molar-refractivity contribution is -0.0456. The average Bonchev–Trinajstić information content (AvgIpc) is 2.61. The van der Waals surface area contributed by atoms with Crippen molar-refractivity contribution in [1.29, 1.82) is 0 Å². The molecule has 0 unspecified atom stereocenters. The quantitative estimate of drug-likeness (QED) is 0.706. The van der Waals surface area contributed by atoms with Crippen molar-refractivity contribution in [2.75, 3.05) is 39.3 Å². The normalized spacial score (nSPS) is 26.9. The van der Waals surface area contributed by atoms with Gasteiger partial charge in [-0.2, -0.15) is 21.3 Å². The lowest BCUT2D eigenvalue weighted by Crippen LogP contribution is -2.57. The highest BCUT2D eigenvalue weighted by molar-refractivity contribution is 7.89. The second kappa shape index (κ2) is 7.72. The molecule has 0 saturated carbocycles. The smallest absolute Gasteiger partial charge is 0.282 e. The van der Waals surface area contributed by atoms with Crippen LogP contribution in [-0.4, -0.2) is 81.2 Å². The zero-order chi connectivity index (χ0) is 19.8. The summed E-state index contributed by atoms with van der Waals surface area (Å²) in [5.41, 5.74) is 0. The summed E-state index contributed by atoms with van der Waals surface area (Å²) in [7, 11) is -7.45. The van der Waals surface area contributed by atoms with Gasteiger partial charge >= 0.3 is 0 Å². The maximum atomic E-state index is 13.0. The van der Waals surface area contributed by atoms with E-state index in [0.717, 1.165) is 12.1 Å². The molecule has 0 spiro atoms. The summed E-state index contributed by atoms with van der Waals surface area (Å²) in [6.07, 6.45) is -0.382. The van der Waals surface area contributed by atoms with Gasteiger partial charge in [-0.05, 0) is 38.1 Å². The van der Waals surface area contributed by atoms with Crippen LogP contribution in [0.4, 0.5) is 4.39 Å². The van der Waals surface area contributed by atoms with E-state index in [2.05, 4.69) is 0 Å². The Morgan fingerprint density at radius 1 is 0.852 bits per heavy atom. The van der Waals surface area contributed by atoms with Crippen LogP contribution in [0.5, 0.6) is 0 Å². The number of sulfonamides is 1. The van der Waals surface area contributed by atoms with Crippen molar-refractivity contribution in [3.8, 4) is 0 Å². The van der Waals surface area contributed by atoms with Gasteiger partial charge in [0.25, 0.3) is 10.2 Å². The minimum atomic E-state index is -3.78. The van der Waals surface area contributed by atoms with E-state index in [-0.39, 0.29) is 56.4 Å². The third-order valence-electron chi connectivity index (χ3n) is 4.69. The van der Waals surface area contributed by atoms with Crippen molar-refractivity contribution < 1.29 is 26.0 Å². The van der Waals surface area contributed by atoms with Gasteiger partial charge in [0.1, 0.15) is 5.82 Å². The largest absolute Gasteiger partial charge is 0.373 e. The number of halogens is 1. The van der Waals surface area contributed by atoms with Crippen LogP contribution in [0.1, 0.15) is 13.8 Å². The Balaban J connectivity index is 1.68. The van der Waals surface area contributed by atoms with Gasteiger partial charge in [0, 0.05) is 39.3 Å². The van der Waals surface area contributed by atoms with E-state index in [0.29, 0.717) is 0 Å². The van der Waals surface area contributed by atoms with Gasteiger partial charge in [0.2, 0.25) is 10.0 Å². The van der Waals surface area contributed by atoms with Gasteiger partial charge in [-0.3, -0.25) is 0 Å². The summed E-state index contributed by atoms with van der Waals surface area (Å²) in [4.78, 5) is -0.00367. The second-order valence-corrected chi connectivity index (χ2v) is 10.7. The van der Waals surface area contributed by atoms with E-state index in [9.17, 15) is 21.2 Å². The molecule has 0 radical (unpaired) electrons. The molecule has 0 bridgehead atoms. The molecule has 11 heteroatoms. The highest BCUT2D eigenvalue weighted by Gasteiger charge is 2.38. The fourth-order valence-electron chi connectivity index (χ4n) is 3.38. The highest BCUT2D eigenvalue weighted by atomic mass is 32.2. The molecule has 1 aromatic rings. The van der Waals surface area contributed by atoms with Crippen molar-refractivity contribution >= 4 is 20.2 Å². The third kappa shape index (κ3) is 4.33. The Bertz CT molecular complexity index is 858. The SMILES string of the molecule is C[C@@H]1CN(S(=O)(=O)N2CCN(S(=O)(=O)c3ccc(F)cc3)CC2)C[C@H](C)O1. The molecule has 2 fully saturated rings. The first kappa shape index (κ1) is 20.6. The summed E-state index contributed by atoms with van der Waals surface area (Å²) < 4.78 is 73.6. The average molecular weight is 422 g/mol. The number of morpholine rings is 1. The zero-order valence-corrected chi connectivity index (χ0v) is 16.9. The van der Waals surface area contributed by atoms with Crippen LogP contribution in [0.2, 0.25) is 0 Å². The van der Waals surface area contributed by atoms with Crippen LogP contribution >= 0.6 is 0 Å². The topological polar surface area (TPSA) is 87.2 Å².